The molecule has 0 aromatic carbocycles. The van der Waals surface area contributed by atoms with Gasteiger partial charge in [0.05, 0.1) is 0 Å². The molecule has 0 nitrogen and oxygen atoms in total. The van der Waals surface area contributed by atoms with Gasteiger partial charge in [0.15, 0.2) is 0 Å². The quantitative estimate of drug-likeness (QED) is 0.615. The number of hydrogen-bond donors (Lipinski definition) is 0. The second-order valence-corrected chi connectivity index (χ2v) is 5.01. The first kappa shape index (κ1) is 10.7. The lowest BCUT2D eigenvalue weighted by Crippen LogP contribution is -2.28. The minimum absolute atomic E-state index is 0.717. The van der Waals surface area contributed by atoms with E-state index in [9.17, 15) is 0 Å². The molecule has 0 heterocycles. The molecule has 82 valence electrons. The maximum Gasteiger partial charge on any atom is -0.0160 e. The Hall–Kier alpha value is -0.780. The monoisotopic (exact) mass is 202 g/mol. The van der Waals surface area contributed by atoms with E-state index in [1.54, 1.807) is 5.57 Å². The normalized spacial score (nSPS) is 23.1. The summed E-state index contributed by atoms with van der Waals surface area (Å²) >= 11 is 0. The van der Waals surface area contributed by atoms with Gasteiger partial charge in [0.1, 0.15) is 0 Å². The van der Waals surface area contributed by atoms with Crippen LogP contribution in [0.15, 0.2) is 36.0 Å². The number of rotatable bonds is 4. The maximum absolute atomic E-state index is 2.38. The van der Waals surface area contributed by atoms with Crippen molar-refractivity contribution in [2.75, 3.05) is 0 Å². The van der Waals surface area contributed by atoms with Crippen molar-refractivity contribution in [3.63, 3.8) is 0 Å². The summed E-state index contributed by atoms with van der Waals surface area (Å²) in [7, 11) is 0. The van der Waals surface area contributed by atoms with Crippen LogP contribution in [0.25, 0.3) is 0 Å². The lowest BCUT2D eigenvalue weighted by atomic mass is 9.64. The van der Waals surface area contributed by atoms with Crippen LogP contribution in [0.5, 0.6) is 0 Å². The highest BCUT2D eigenvalue weighted by atomic mass is 14.4. The van der Waals surface area contributed by atoms with Crippen LogP contribution in [-0.4, -0.2) is 0 Å². The van der Waals surface area contributed by atoms with E-state index in [0.29, 0.717) is 5.41 Å². The molecular weight excluding hydrogens is 180 g/mol. The Bertz CT molecular complexity index is 282. The molecule has 0 radical (unpaired) electrons. The topological polar surface area (TPSA) is 0 Å². The Kier molecular flexibility index (Phi) is 3.45. The van der Waals surface area contributed by atoms with Gasteiger partial charge in [0.25, 0.3) is 0 Å². The summed E-state index contributed by atoms with van der Waals surface area (Å²) in [6.07, 6.45) is 20.8. The van der Waals surface area contributed by atoms with Gasteiger partial charge in [0.2, 0.25) is 0 Å². The third-order valence-corrected chi connectivity index (χ3v) is 4.18. The molecular formula is C15H22. The first-order chi connectivity index (χ1) is 7.35. The van der Waals surface area contributed by atoms with Gasteiger partial charge in [-0.2, -0.15) is 0 Å². The fraction of sp³-hybridized carbons (Fsp3) is 0.600. The molecule has 0 spiro atoms. The Morgan fingerprint density at radius 2 is 2.13 bits per heavy atom. The zero-order valence-electron chi connectivity index (χ0n) is 9.84. The van der Waals surface area contributed by atoms with E-state index in [1.807, 2.05) is 0 Å². The van der Waals surface area contributed by atoms with E-state index >= 15 is 0 Å². The Morgan fingerprint density at radius 1 is 1.27 bits per heavy atom. The molecule has 0 atom stereocenters. The third kappa shape index (κ3) is 2.62. The lowest BCUT2D eigenvalue weighted by Gasteiger charge is -2.41. The molecule has 0 N–H and O–H groups in total. The molecule has 1 saturated carbocycles. The van der Waals surface area contributed by atoms with Crippen LogP contribution in [-0.2, 0) is 0 Å². The van der Waals surface area contributed by atoms with Crippen LogP contribution >= 0.6 is 0 Å². The highest BCUT2D eigenvalue weighted by Gasteiger charge is 2.34. The molecule has 0 aliphatic heterocycles. The minimum Gasteiger partial charge on any atom is -0.0807 e. The molecule has 2 aliphatic rings. The Balaban J connectivity index is 1.84. The van der Waals surface area contributed by atoms with Gasteiger partial charge in [-0.15, -0.1) is 0 Å². The van der Waals surface area contributed by atoms with Crippen molar-refractivity contribution in [2.45, 2.75) is 51.9 Å². The Morgan fingerprint density at radius 3 is 2.80 bits per heavy atom. The summed E-state index contributed by atoms with van der Waals surface area (Å²) in [4.78, 5) is 0. The van der Waals surface area contributed by atoms with Gasteiger partial charge in [0, 0.05) is 0 Å². The van der Waals surface area contributed by atoms with E-state index in [2.05, 4.69) is 37.3 Å². The predicted octanol–water partition coefficient (Wildman–Crippen LogP) is 4.79. The Labute approximate surface area is 93.8 Å². The summed E-state index contributed by atoms with van der Waals surface area (Å²) in [5.41, 5.74) is 2.26. The van der Waals surface area contributed by atoms with E-state index in [0.717, 1.165) is 6.42 Å². The molecule has 2 aliphatic carbocycles. The molecule has 0 amide bonds. The van der Waals surface area contributed by atoms with Crippen LogP contribution in [0.4, 0.5) is 0 Å². The van der Waals surface area contributed by atoms with Gasteiger partial charge in [-0.25, -0.2) is 0 Å². The summed E-state index contributed by atoms with van der Waals surface area (Å²) in [6.45, 7) is 2.36. The van der Waals surface area contributed by atoms with Crippen LogP contribution in [0.1, 0.15) is 51.9 Å². The fourth-order valence-electron chi connectivity index (χ4n) is 2.68. The van der Waals surface area contributed by atoms with E-state index in [-0.39, 0.29) is 0 Å². The van der Waals surface area contributed by atoms with Crippen LogP contribution in [0.2, 0.25) is 0 Å². The maximum atomic E-state index is 2.38. The molecule has 0 heteroatoms. The van der Waals surface area contributed by atoms with Crippen molar-refractivity contribution in [3.8, 4) is 0 Å². The van der Waals surface area contributed by atoms with Crippen molar-refractivity contribution >= 4 is 0 Å². The second-order valence-electron chi connectivity index (χ2n) is 5.01. The van der Waals surface area contributed by atoms with Gasteiger partial charge in [-0.05, 0) is 37.5 Å². The van der Waals surface area contributed by atoms with E-state index < -0.39 is 0 Å². The van der Waals surface area contributed by atoms with E-state index in [4.69, 9.17) is 0 Å². The zero-order chi connectivity index (χ0) is 10.6. The second kappa shape index (κ2) is 4.83. The van der Waals surface area contributed by atoms with Crippen molar-refractivity contribution < 1.29 is 0 Å². The number of allylic oxidation sites excluding steroid dienone is 6. The van der Waals surface area contributed by atoms with Gasteiger partial charge in [-0.3, -0.25) is 0 Å². The molecule has 0 aromatic heterocycles. The lowest BCUT2D eigenvalue weighted by molar-refractivity contribution is 0.114. The average molecular weight is 202 g/mol. The van der Waals surface area contributed by atoms with Gasteiger partial charge < -0.3 is 0 Å². The summed E-state index contributed by atoms with van der Waals surface area (Å²) in [6, 6.07) is 0. The summed E-state index contributed by atoms with van der Waals surface area (Å²) < 4.78 is 0. The highest BCUT2D eigenvalue weighted by molar-refractivity contribution is 5.26. The number of hydrogen-bond acceptors (Lipinski definition) is 0. The zero-order valence-corrected chi connectivity index (χ0v) is 9.84. The van der Waals surface area contributed by atoms with Crippen LogP contribution in [0, 0.1) is 5.41 Å². The molecule has 0 aromatic rings. The minimum atomic E-state index is 0.717. The molecule has 1 fully saturated rings. The van der Waals surface area contributed by atoms with Crippen molar-refractivity contribution in [1.82, 2.24) is 0 Å². The SMILES string of the molecule is CCC1(CCC2=CCC=CC=C2)CCC1. The standard InChI is InChI=1S/C15H22/c1-2-15(11-7-12-15)13-10-14-8-5-3-4-6-9-14/h3-5,8-9H,2,6-7,10-13H2,1H3. The predicted molar refractivity (Wildman–Crippen MR) is 66.8 cm³/mol. The van der Waals surface area contributed by atoms with Crippen LogP contribution < -0.4 is 0 Å². The summed E-state index contributed by atoms with van der Waals surface area (Å²) in [5, 5.41) is 0. The van der Waals surface area contributed by atoms with Crippen molar-refractivity contribution in [3.05, 3.63) is 36.0 Å². The van der Waals surface area contributed by atoms with Crippen molar-refractivity contribution in [1.29, 1.82) is 0 Å². The van der Waals surface area contributed by atoms with Crippen molar-refractivity contribution in [2.24, 2.45) is 5.41 Å². The molecule has 2 rings (SSSR count). The van der Waals surface area contributed by atoms with Gasteiger partial charge >= 0.3 is 0 Å². The molecule has 0 saturated heterocycles. The highest BCUT2D eigenvalue weighted by Crippen LogP contribution is 2.48. The molecule has 15 heavy (non-hydrogen) atoms. The third-order valence-electron chi connectivity index (χ3n) is 4.18. The van der Waals surface area contributed by atoms with Gasteiger partial charge in [-0.1, -0.05) is 55.7 Å². The first-order valence-corrected chi connectivity index (χ1v) is 6.37. The van der Waals surface area contributed by atoms with Crippen LogP contribution in [0.3, 0.4) is 0 Å². The average Bonchev–Trinajstić information content (AvgIpc) is 2.45. The summed E-state index contributed by atoms with van der Waals surface area (Å²) in [5.74, 6) is 0. The molecule has 0 bridgehead atoms. The van der Waals surface area contributed by atoms with E-state index in [1.165, 1.54) is 38.5 Å². The fourth-order valence-corrected chi connectivity index (χ4v) is 2.68. The first-order valence-electron chi connectivity index (χ1n) is 6.37. The largest absolute Gasteiger partial charge is 0.0807 e. The molecule has 0 unspecified atom stereocenters. The smallest absolute Gasteiger partial charge is 0.0160 e.